The van der Waals surface area contributed by atoms with Gasteiger partial charge in [0.2, 0.25) is 11.8 Å². The Hall–Kier alpha value is -1.43. The molecule has 6 heteroatoms. The van der Waals surface area contributed by atoms with Crippen molar-refractivity contribution in [2.24, 2.45) is 0 Å². The summed E-state index contributed by atoms with van der Waals surface area (Å²) >= 11 is 3.12. The predicted molar refractivity (Wildman–Crippen MR) is 78.7 cm³/mol. The van der Waals surface area contributed by atoms with Gasteiger partial charge in [-0.15, -0.1) is 0 Å². The summed E-state index contributed by atoms with van der Waals surface area (Å²) in [5.74, 6) is -0.923. The number of hydrogen-bond donors (Lipinski definition) is 2. The molecular formula is C14H18BrFN2O2. The first-order valence-electron chi connectivity index (χ1n) is 6.42. The minimum absolute atomic E-state index is 0.130. The highest BCUT2D eigenvalue weighted by molar-refractivity contribution is 9.10. The van der Waals surface area contributed by atoms with Crippen molar-refractivity contribution in [2.45, 2.75) is 32.7 Å². The predicted octanol–water partition coefficient (Wildman–Crippen LogP) is 2.16. The Bertz CT molecular complexity index is 494. The molecule has 2 amide bonds. The Labute approximate surface area is 126 Å². The van der Waals surface area contributed by atoms with Gasteiger partial charge in [0, 0.05) is 12.6 Å². The highest BCUT2D eigenvalue weighted by Crippen LogP contribution is 2.17. The number of hydrogen-bond acceptors (Lipinski definition) is 2. The second-order valence-corrected chi connectivity index (χ2v) is 5.41. The summed E-state index contributed by atoms with van der Waals surface area (Å²) in [4.78, 5) is 22.9. The molecule has 110 valence electrons. The lowest BCUT2D eigenvalue weighted by Gasteiger charge is -2.14. The van der Waals surface area contributed by atoms with Crippen molar-refractivity contribution in [3.8, 4) is 0 Å². The normalized spacial score (nSPS) is 11.8. The summed E-state index contributed by atoms with van der Waals surface area (Å²) in [5.41, 5.74) is 0.907. The summed E-state index contributed by atoms with van der Waals surface area (Å²) in [6, 6.07) is 4.60. The molecular weight excluding hydrogens is 327 g/mol. The first-order valence-corrected chi connectivity index (χ1v) is 7.21. The van der Waals surface area contributed by atoms with Crippen LogP contribution in [-0.4, -0.2) is 24.4 Å². The molecule has 1 unspecified atom stereocenters. The van der Waals surface area contributed by atoms with Gasteiger partial charge in [-0.2, -0.15) is 0 Å². The van der Waals surface area contributed by atoms with Crippen molar-refractivity contribution in [1.82, 2.24) is 10.6 Å². The van der Waals surface area contributed by atoms with Crippen LogP contribution in [0.3, 0.4) is 0 Å². The van der Waals surface area contributed by atoms with E-state index < -0.39 is 0 Å². The summed E-state index contributed by atoms with van der Waals surface area (Å²) in [6.07, 6.45) is 0.394. The number of benzene rings is 1. The molecule has 0 aliphatic rings. The lowest BCUT2D eigenvalue weighted by Crippen LogP contribution is -2.37. The average molecular weight is 345 g/mol. The van der Waals surface area contributed by atoms with E-state index in [1.54, 1.807) is 19.1 Å². The van der Waals surface area contributed by atoms with Crippen molar-refractivity contribution in [2.75, 3.05) is 6.54 Å². The van der Waals surface area contributed by atoms with Gasteiger partial charge in [0.1, 0.15) is 12.2 Å². The zero-order chi connectivity index (χ0) is 15.1. The largest absolute Gasteiger partial charge is 0.356 e. The van der Waals surface area contributed by atoms with Crippen LogP contribution in [0.15, 0.2) is 22.7 Å². The number of halogens is 2. The van der Waals surface area contributed by atoms with Crippen molar-refractivity contribution >= 4 is 27.7 Å². The molecule has 1 rings (SSSR count). The Morgan fingerprint density at radius 3 is 2.65 bits per heavy atom. The minimum atomic E-state index is -0.318. The van der Waals surface area contributed by atoms with Gasteiger partial charge in [-0.05, 0) is 53.9 Å². The van der Waals surface area contributed by atoms with Gasteiger partial charge in [-0.1, -0.05) is 6.07 Å². The summed E-state index contributed by atoms with van der Waals surface area (Å²) in [5, 5.41) is 5.31. The topological polar surface area (TPSA) is 58.2 Å². The second kappa shape index (κ2) is 7.99. The second-order valence-electron chi connectivity index (χ2n) is 4.55. The Morgan fingerprint density at radius 1 is 1.35 bits per heavy atom. The van der Waals surface area contributed by atoms with E-state index in [-0.39, 0.29) is 30.1 Å². The van der Waals surface area contributed by atoms with E-state index in [2.05, 4.69) is 26.6 Å². The molecule has 4 nitrogen and oxygen atoms in total. The molecule has 0 radical (unpaired) electrons. The SMILES string of the molecule is CCNC(=O)CC(=O)NC(C)Cc1ccc(F)c(Br)c1. The Kier molecular flexibility index (Phi) is 6.64. The van der Waals surface area contributed by atoms with E-state index in [0.717, 1.165) is 5.56 Å². The zero-order valence-corrected chi connectivity index (χ0v) is 13.1. The fourth-order valence-electron chi connectivity index (χ4n) is 1.80. The Balaban J connectivity index is 2.46. The molecule has 0 saturated carbocycles. The van der Waals surface area contributed by atoms with Crippen LogP contribution >= 0.6 is 15.9 Å². The van der Waals surface area contributed by atoms with Gasteiger partial charge in [0.15, 0.2) is 0 Å². The maximum Gasteiger partial charge on any atom is 0.229 e. The van der Waals surface area contributed by atoms with E-state index in [0.29, 0.717) is 17.4 Å². The average Bonchev–Trinajstić information content (AvgIpc) is 2.33. The van der Waals surface area contributed by atoms with Crippen LogP contribution in [0.5, 0.6) is 0 Å². The fourth-order valence-corrected chi connectivity index (χ4v) is 2.23. The van der Waals surface area contributed by atoms with Gasteiger partial charge in [-0.25, -0.2) is 4.39 Å². The molecule has 0 aromatic heterocycles. The van der Waals surface area contributed by atoms with Gasteiger partial charge >= 0.3 is 0 Å². The lowest BCUT2D eigenvalue weighted by atomic mass is 10.1. The molecule has 20 heavy (non-hydrogen) atoms. The highest BCUT2D eigenvalue weighted by atomic mass is 79.9. The first kappa shape index (κ1) is 16.6. The van der Waals surface area contributed by atoms with Gasteiger partial charge < -0.3 is 10.6 Å². The number of nitrogens with one attached hydrogen (secondary N) is 2. The van der Waals surface area contributed by atoms with Crippen molar-refractivity contribution in [3.63, 3.8) is 0 Å². The monoisotopic (exact) mass is 344 g/mol. The van der Waals surface area contributed by atoms with E-state index >= 15 is 0 Å². The highest BCUT2D eigenvalue weighted by Gasteiger charge is 2.12. The van der Waals surface area contributed by atoms with E-state index in [4.69, 9.17) is 0 Å². The van der Waals surface area contributed by atoms with Crippen LogP contribution in [0, 0.1) is 5.82 Å². The molecule has 0 fully saturated rings. The number of carbonyl (C=O) groups is 2. The quantitative estimate of drug-likeness (QED) is 0.777. The number of rotatable bonds is 6. The molecule has 0 aliphatic heterocycles. The molecule has 1 atom stereocenters. The molecule has 0 bridgehead atoms. The van der Waals surface area contributed by atoms with Crippen molar-refractivity contribution in [1.29, 1.82) is 0 Å². The van der Waals surface area contributed by atoms with Crippen LogP contribution in [-0.2, 0) is 16.0 Å². The van der Waals surface area contributed by atoms with E-state index in [1.807, 2.05) is 6.92 Å². The van der Waals surface area contributed by atoms with E-state index in [1.165, 1.54) is 6.07 Å². The van der Waals surface area contributed by atoms with Gasteiger partial charge in [0.05, 0.1) is 4.47 Å². The smallest absolute Gasteiger partial charge is 0.229 e. The third-order valence-corrected chi connectivity index (χ3v) is 3.24. The molecule has 1 aromatic rings. The van der Waals surface area contributed by atoms with Gasteiger partial charge in [-0.3, -0.25) is 9.59 Å². The zero-order valence-electron chi connectivity index (χ0n) is 11.5. The number of amides is 2. The first-order chi connectivity index (χ1) is 9.42. The third kappa shape index (κ3) is 5.69. The summed E-state index contributed by atoms with van der Waals surface area (Å²) in [6.45, 7) is 4.14. The number of carbonyl (C=O) groups excluding carboxylic acids is 2. The van der Waals surface area contributed by atoms with Crippen molar-refractivity contribution in [3.05, 3.63) is 34.1 Å². The lowest BCUT2D eigenvalue weighted by molar-refractivity contribution is -0.129. The van der Waals surface area contributed by atoms with Crippen LogP contribution in [0.25, 0.3) is 0 Å². The fraction of sp³-hybridized carbons (Fsp3) is 0.429. The third-order valence-electron chi connectivity index (χ3n) is 2.63. The maximum absolute atomic E-state index is 13.1. The standard InChI is InChI=1S/C14H18BrFN2O2/c1-3-17-13(19)8-14(20)18-9(2)6-10-4-5-12(16)11(15)7-10/h4-5,7,9H,3,6,8H2,1-2H3,(H,17,19)(H,18,20). The molecule has 1 aromatic carbocycles. The Morgan fingerprint density at radius 2 is 2.05 bits per heavy atom. The summed E-state index contributed by atoms with van der Waals surface area (Å²) in [7, 11) is 0. The molecule has 0 aliphatic carbocycles. The summed E-state index contributed by atoms with van der Waals surface area (Å²) < 4.78 is 13.5. The molecule has 0 heterocycles. The molecule has 0 spiro atoms. The van der Waals surface area contributed by atoms with Crippen LogP contribution in [0.4, 0.5) is 4.39 Å². The molecule has 0 saturated heterocycles. The van der Waals surface area contributed by atoms with Crippen LogP contribution in [0.1, 0.15) is 25.8 Å². The van der Waals surface area contributed by atoms with E-state index in [9.17, 15) is 14.0 Å². The minimum Gasteiger partial charge on any atom is -0.356 e. The van der Waals surface area contributed by atoms with Crippen LogP contribution < -0.4 is 10.6 Å². The molecule has 2 N–H and O–H groups in total. The van der Waals surface area contributed by atoms with Crippen molar-refractivity contribution < 1.29 is 14.0 Å². The van der Waals surface area contributed by atoms with Crippen LogP contribution in [0.2, 0.25) is 0 Å². The maximum atomic E-state index is 13.1. The van der Waals surface area contributed by atoms with Gasteiger partial charge in [0.25, 0.3) is 0 Å².